The molecule has 0 bridgehead atoms. The van der Waals surface area contributed by atoms with Gasteiger partial charge in [-0.2, -0.15) is 0 Å². The van der Waals surface area contributed by atoms with Crippen LogP contribution in [0.3, 0.4) is 0 Å². The number of fused-ring (bicyclic) bond motifs is 1. The van der Waals surface area contributed by atoms with E-state index in [2.05, 4.69) is 20.2 Å². The van der Waals surface area contributed by atoms with Crippen molar-refractivity contribution in [2.45, 2.75) is 13.5 Å². The number of hydrogen-bond donors (Lipinski definition) is 1. The fourth-order valence-electron chi connectivity index (χ4n) is 3.39. The van der Waals surface area contributed by atoms with Crippen LogP contribution < -0.4 is 10.1 Å². The molecule has 3 aromatic rings. The van der Waals surface area contributed by atoms with Crippen molar-refractivity contribution in [2.75, 3.05) is 39.5 Å². The second kappa shape index (κ2) is 11.0. The molecule has 0 unspecified atom stereocenters. The molecule has 2 aromatic carbocycles. The van der Waals surface area contributed by atoms with Gasteiger partial charge in [-0.1, -0.05) is 24.3 Å². The van der Waals surface area contributed by atoms with E-state index in [9.17, 15) is 4.79 Å². The first kappa shape index (κ1) is 22.9. The number of hydrogen-bond acceptors (Lipinski definition) is 6. The zero-order chi connectivity index (χ0) is 20.8. The molecule has 164 valence electrons. The number of carbonyl (C=O) groups excluding carboxylic acids is 1. The summed E-state index contributed by atoms with van der Waals surface area (Å²) in [6, 6.07) is 15.3. The normalized spacial score (nSPS) is 14.1. The highest BCUT2D eigenvalue weighted by atomic mass is 35.5. The first-order valence-electron chi connectivity index (χ1n) is 10.2. The fraction of sp³-hybridized carbons (Fsp3) is 0.348. The van der Waals surface area contributed by atoms with E-state index in [1.807, 2.05) is 48.5 Å². The van der Waals surface area contributed by atoms with Gasteiger partial charge in [0.2, 0.25) is 0 Å². The number of amides is 1. The van der Waals surface area contributed by atoms with Crippen LogP contribution in [-0.4, -0.2) is 60.2 Å². The Bertz CT molecular complexity index is 1010. The lowest BCUT2D eigenvalue weighted by atomic mass is 10.2. The number of nitrogens with zero attached hydrogens (tertiary/aromatic N) is 3. The van der Waals surface area contributed by atoms with Crippen LogP contribution in [0, 0.1) is 6.92 Å². The van der Waals surface area contributed by atoms with Gasteiger partial charge in [0, 0.05) is 26.2 Å². The van der Waals surface area contributed by atoms with Crippen LogP contribution in [0.4, 0.5) is 0 Å². The molecule has 1 N–H and O–H groups in total. The van der Waals surface area contributed by atoms with E-state index in [0.29, 0.717) is 30.1 Å². The van der Waals surface area contributed by atoms with Crippen LogP contribution >= 0.6 is 12.4 Å². The topological polar surface area (TPSA) is 76.6 Å². The van der Waals surface area contributed by atoms with Crippen molar-refractivity contribution in [3.05, 3.63) is 65.5 Å². The van der Waals surface area contributed by atoms with E-state index in [1.54, 1.807) is 6.92 Å². The molecule has 0 spiro atoms. The van der Waals surface area contributed by atoms with Gasteiger partial charge in [-0.15, -0.1) is 12.4 Å². The van der Waals surface area contributed by atoms with Gasteiger partial charge in [0.15, 0.2) is 0 Å². The molecule has 1 aromatic heterocycles. The highest BCUT2D eigenvalue weighted by Crippen LogP contribution is 2.14. The molecule has 31 heavy (non-hydrogen) atoms. The summed E-state index contributed by atoms with van der Waals surface area (Å²) in [6.07, 6.45) is 0. The summed E-state index contributed by atoms with van der Waals surface area (Å²) < 4.78 is 11.2. The predicted molar refractivity (Wildman–Crippen MR) is 122 cm³/mol. The molecule has 1 aliphatic rings. The molecule has 7 nitrogen and oxygen atoms in total. The lowest BCUT2D eigenvalue weighted by Crippen LogP contribution is -2.38. The van der Waals surface area contributed by atoms with Crippen LogP contribution in [0.1, 0.15) is 21.7 Å². The summed E-state index contributed by atoms with van der Waals surface area (Å²) >= 11 is 0. The maximum absolute atomic E-state index is 12.6. The summed E-state index contributed by atoms with van der Waals surface area (Å²) in [7, 11) is 0. The van der Waals surface area contributed by atoms with Gasteiger partial charge in [-0.05, 0) is 36.8 Å². The highest BCUT2D eigenvalue weighted by Gasteiger charge is 2.13. The molecular formula is C23H27ClN4O3. The standard InChI is InChI=1S/C23H26N4O3.ClH/c1-17-22(26-21-5-3-2-4-20(21)25-17)23(28)24-16-18-6-8-19(9-7-18)30-15-12-27-10-13-29-14-11-27;/h2-9H,10-16H2,1H3,(H,24,28);1H. The van der Waals surface area contributed by atoms with E-state index >= 15 is 0 Å². The molecule has 2 heterocycles. The first-order chi connectivity index (χ1) is 14.7. The highest BCUT2D eigenvalue weighted by molar-refractivity contribution is 5.95. The number of halogens is 1. The molecule has 8 heteroatoms. The summed E-state index contributed by atoms with van der Waals surface area (Å²) in [6.45, 7) is 7.28. The van der Waals surface area contributed by atoms with Gasteiger partial charge in [0.25, 0.3) is 5.91 Å². The van der Waals surface area contributed by atoms with Crippen molar-refractivity contribution in [1.82, 2.24) is 20.2 Å². The first-order valence-corrected chi connectivity index (χ1v) is 10.2. The largest absolute Gasteiger partial charge is 0.492 e. The monoisotopic (exact) mass is 442 g/mol. The Hall–Kier alpha value is -2.74. The van der Waals surface area contributed by atoms with Crippen LogP contribution in [-0.2, 0) is 11.3 Å². The Kier molecular flexibility index (Phi) is 8.17. The third kappa shape index (κ3) is 6.13. The Balaban J connectivity index is 0.00000272. The molecule has 1 fully saturated rings. The van der Waals surface area contributed by atoms with Crippen molar-refractivity contribution >= 4 is 29.3 Å². The number of carbonyl (C=O) groups is 1. The van der Waals surface area contributed by atoms with E-state index in [0.717, 1.165) is 49.7 Å². The van der Waals surface area contributed by atoms with E-state index in [1.165, 1.54) is 0 Å². The van der Waals surface area contributed by atoms with Crippen molar-refractivity contribution in [2.24, 2.45) is 0 Å². The number of benzene rings is 2. The maximum Gasteiger partial charge on any atom is 0.272 e. The lowest BCUT2D eigenvalue weighted by Gasteiger charge is -2.26. The SMILES string of the molecule is Cc1nc2ccccc2nc1C(=O)NCc1ccc(OCCN2CCOCC2)cc1.Cl. The third-order valence-electron chi connectivity index (χ3n) is 5.12. The van der Waals surface area contributed by atoms with Crippen LogP contribution in [0.25, 0.3) is 11.0 Å². The average Bonchev–Trinajstić information content (AvgIpc) is 2.78. The number of aryl methyl sites for hydroxylation is 1. The number of aromatic nitrogens is 2. The number of morpholine rings is 1. The number of ether oxygens (including phenoxy) is 2. The van der Waals surface area contributed by atoms with Gasteiger partial charge in [-0.25, -0.2) is 9.97 Å². The summed E-state index contributed by atoms with van der Waals surface area (Å²) in [4.78, 5) is 23.9. The van der Waals surface area contributed by atoms with Gasteiger partial charge >= 0.3 is 0 Å². The minimum Gasteiger partial charge on any atom is -0.492 e. The van der Waals surface area contributed by atoms with E-state index in [-0.39, 0.29) is 18.3 Å². The van der Waals surface area contributed by atoms with Crippen LogP contribution in [0.2, 0.25) is 0 Å². The van der Waals surface area contributed by atoms with Gasteiger partial charge in [0.05, 0.1) is 29.9 Å². The quantitative estimate of drug-likeness (QED) is 0.606. The van der Waals surface area contributed by atoms with Crippen molar-refractivity contribution < 1.29 is 14.3 Å². The molecule has 0 atom stereocenters. The molecular weight excluding hydrogens is 416 g/mol. The number of nitrogens with one attached hydrogen (secondary N) is 1. The Morgan fingerprint density at radius 1 is 1.06 bits per heavy atom. The second-order valence-electron chi connectivity index (χ2n) is 7.28. The minimum absolute atomic E-state index is 0. The summed E-state index contributed by atoms with van der Waals surface area (Å²) in [5.74, 6) is 0.603. The van der Waals surface area contributed by atoms with Crippen molar-refractivity contribution in [1.29, 1.82) is 0 Å². The van der Waals surface area contributed by atoms with Crippen LogP contribution in [0.5, 0.6) is 5.75 Å². The summed E-state index contributed by atoms with van der Waals surface area (Å²) in [5, 5.41) is 2.93. The van der Waals surface area contributed by atoms with Crippen molar-refractivity contribution in [3.63, 3.8) is 0 Å². The molecule has 4 rings (SSSR count). The van der Waals surface area contributed by atoms with E-state index < -0.39 is 0 Å². The zero-order valence-electron chi connectivity index (χ0n) is 17.5. The van der Waals surface area contributed by atoms with Gasteiger partial charge in [0.1, 0.15) is 18.1 Å². The van der Waals surface area contributed by atoms with E-state index in [4.69, 9.17) is 9.47 Å². The fourth-order valence-corrected chi connectivity index (χ4v) is 3.39. The zero-order valence-corrected chi connectivity index (χ0v) is 18.4. The van der Waals surface area contributed by atoms with Gasteiger partial charge in [-0.3, -0.25) is 9.69 Å². The number of rotatable bonds is 7. The molecule has 1 amide bonds. The molecule has 1 saturated heterocycles. The number of para-hydroxylation sites is 2. The Labute approximate surface area is 188 Å². The smallest absolute Gasteiger partial charge is 0.272 e. The lowest BCUT2D eigenvalue weighted by molar-refractivity contribution is 0.0322. The van der Waals surface area contributed by atoms with Crippen LogP contribution in [0.15, 0.2) is 48.5 Å². The average molecular weight is 443 g/mol. The third-order valence-corrected chi connectivity index (χ3v) is 5.12. The predicted octanol–water partition coefficient (Wildman–Crippen LogP) is 3.00. The Morgan fingerprint density at radius 3 is 2.45 bits per heavy atom. The Morgan fingerprint density at radius 2 is 1.74 bits per heavy atom. The van der Waals surface area contributed by atoms with Gasteiger partial charge < -0.3 is 14.8 Å². The van der Waals surface area contributed by atoms with Crippen molar-refractivity contribution in [3.8, 4) is 5.75 Å². The molecule has 1 aliphatic heterocycles. The molecule has 0 saturated carbocycles. The minimum atomic E-state index is -0.225. The summed E-state index contributed by atoms with van der Waals surface area (Å²) in [5.41, 5.74) is 3.48. The maximum atomic E-state index is 12.6. The molecule has 0 radical (unpaired) electrons. The molecule has 0 aliphatic carbocycles. The second-order valence-corrected chi connectivity index (χ2v) is 7.28.